The minimum atomic E-state index is -0.0619. The molecule has 0 unspecified atom stereocenters. The number of amides is 1. The topological polar surface area (TPSA) is 51.7 Å². The summed E-state index contributed by atoms with van der Waals surface area (Å²) in [6.45, 7) is 2.51. The molecule has 4 rings (SSSR count). The molecule has 0 aliphatic carbocycles. The Morgan fingerprint density at radius 2 is 1.79 bits per heavy atom. The Morgan fingerprint density at radius 3 is 2.52 bits per heavy atom. The first-order valence-corrected chi connectivity index (χ1v) is 11.6. The smallest absolute Gasteiger partial charge is 0.260 e. The van der Waals surface area contributed by atoms with E-state index in [4.69, 9.17) is 14.5 Å². The van der Waals surface area contributed by atoms with Crippen LogP contribution in [0.15, 0.2) is 78.2 Å². The van der Waals surface area contributed by atoms with Crippen molar-refractivity contribution in [3.8, 4) is 22.8 Å². The lowest BCUT2D eigenvalue weighted by Crippen LogP contribution is -2.33. The van der Waals surface area contributed by atoms with Crippen LogP contribution in [-0.2, 0) is 6.42 Å². The maximum atomic E-state index is 13.5. The number of rotatable bonds is 8. The maximum absolute atomic E-state index is 13.5. The minimum Gasteiger partial charge on any atom is -0.497 e. The molecule has 0 fully saturated rings. The first-order chi connectivity index (χ1) is 16.1. The zero-order valence-corrected chi connectivity index (χ0v) is 19.8. The average Bonchev–Trinajstić information content (AvgIpc) is 3.34. The Bertz CT molecular complexity index is 1240. The summed E-state index contributed by atoms with van der Waals surface area (Å²) < 4.78 is 10.9. The number of methoxy groups -OCH3 is 2. The molecule has 168 valence electrons. The van der Waals surface area contributed by atoms with Crippen molar-refractivity contribution in [2.75, 3.05) is 25.7 Å². The summed E-state index contributed by atoms with van der Waals surface area (Å²) in [5.41, 5.74) is 4.44. The second-order valence-corrected chi connectivity index (χ2v) is 8.48. The zero-order chi connectivity index (χ0) is 23.2. The van der Waals surface area contributed by atoms with E-state index in [1.807, 2.05) is 73.0 Å². The molecule has 5 nitrogen and oxygen atoms in total. The van der Waals surface area contributed by atoms with Gasteiger partial charge in [-0.2, -0.15) is 0 Å². The second-order valence-electron chi connectivity index (χ2n) is 7.64. The van der Waals surface area contributed by atoms with E-state index in [1.165, 1.54) is 16.9 Å². The van der Waals surface area contributed by atoms with Crippen LogP contribution >= 0.6 is 11.3 Å². The first kappa shape index (κ1) is 22.6. The molecule has 4 aromatic rings. The van der Waals surface area contributed by atoms with Gasteiger partial charge in [0.2, 0.25) is 0 Å². The van der Waals surface area contributed by atoms with Crippen LogP contribution in [0.1, 0.15) is 21.5 Å². The molecule has 3 aromatic carbocycles. The third-order valence-electron chi connectivity index (χ3n) is 5.38. The van der Waals surface area contributed by atoms with Gasteiger partial charge in [0.05, 0.1) is 19.9 Å². The Labute approximate surface area is 198 Å². The highest BCUT2D eigenvalue weighted by Crippen LogP contribution is 2.36. The molecule has 0 radical (unpaired) electrons. The van der Waals surface area contributed by atoms with Crippen LogP contribution in [0.25, 0.3) is 11.3 Å². The van der Waals surface area contributed by atoms with Crippen molar-refractivity contribution in [1.29, 1.82) is 0 Å². The summed E-state index contributed by atoms with van der Waals surface area (Å²) in [7, 11) is 3.26. The molecular formula is C27H26N2O3S. The molecule has 33 heavy (non-hydrogen) atoms. The Kier molecular flexibility index (Phi) is 7.05. The Morgan fingerprint density at radius 1 is 0.970 bits per heavy atom. The number of hydrogen-bond donors (Lipinski definition) is 0. The van der Waals surface area contributed by atoms with Crippen molar-refractivity contribution >= 4 is 22.4 Å². The van der Waals surface area contributed by atoms with Crippen molar-refractivity contribution in [2.45, 2.75) is 13.3 Å². The standard InChI is InChI=1S/C27H26N2O3S/c1-19-8-7-11-21(16-19)26(30)29(15-14-20-9-5-4-6-10-20)27-28-24(18-33-27)23-17-22(31-2)12-13-25(23)32-3/h4-13,16-18H,14-15H2,1-3H3. The van der Waals surface area contributed by atoms with Gasteiger partial charge in [-0.15, -0.1) is 11.3 Å². The number of nitrogens with zero attached hydrogens (tertiary/aromatic N) is 2. The van der Waals surface area contributed by atoms with Crippen molar-refractivity contribution in [1.82, 2.24) is 4.98 Å². The van der Waals surface area contributed by atoms with Crippen LogP contribution in [0.4, 0.5) is 5.13 Å². The zero-order valence-electron chi connectivity index (χ0n) is 18.9. The molecule has 1 heterocycles. The van der Waals surface area contributed by atoms with Crippen molar-refractivity contribution in [2.24, 2.45) is 0 Å². The quantitative estimate of drug-likeness (QED) is 0.324. The SMILES string of the molecule is COc1ccc(OC)c(-c2csc(N(CCc3ccccc3)C(=O)c3cccc(C)c3)n2)c1. The Balaban J connectivity index is 1.69. The third kappa shape index (κ3) is 5.23. The second kappa shape index (κ2) is 10.3. The van der Waals surface area contributed by atoms with Gasteiger partial charge in [-0.05, 0) is 49.2 Å². The van der Waals surface area contributed by atoms with Gasteiger partial charge in [-0.25, -0.2) is 4.98 Å². The van der Waals surface area contributed by atoms with Gasteiger partial charge < -0.3 is 9.47 Å². The number of ether oxygens (including phenoxy) is 2. The van der Waals surface area contributed by atoms with Gasteiger partial charge in [0.15, 0.2) is 5.13 Å². The lowest BCUT2D eigenvalue weighted by molar-refractivity contribution is 0.0987. The molecule has 0 N–H and O–H groups in total. The fraction of sp³-hybridized carbons (Fsp3) is 0.185. The van der Waals surface area contributed by atoms with E-state index in [0.717, 1.165) is 29.0 Å². The highest BCUT2D eigenvalue weighted by Gasteiger charge is 2.22. The monoisotopic (exact) mass is 458 g/mol. The molecular weight excluding hydrogens is 432 g/mol. The lowest BCUT2D eigenvalue weighted by Gasteiger charge is -2.20. The molecule has 0 aliphatic rings. The van der Waals surface area contributed by atoms with E-state index in [9.17, 15) is 4.79 Å². The number of thiazole rings is 1. The van der Waals surface area contributed by atoms with E-state index in [0.29, 0.717) is 23.0 Å². The highest BCUT2D eigenvalue weighted by molar-refractivity contribution is 7.14. The first-order valence-electron chi connectivity index (χ1n) is 10.7. The normalized spacial score (nSPS) is 10.6. The van der Waals surface area contributed by atoms with Gasteiger partial charge in [0.25, 0.3) is 5.91 Å². The van der Waals surface area contributed by atoms with Crippen molar-refractivity contribution in [3.05, 3.63) is 94.9 Å². The molecule has 0 aliphatic heterocycles. The van der Waals surface area contributed by atoms with E-state index in [-0.39, 0.29) is 5.91 Å². The van der Waals surface area contributed by atoms with Crippen LogP contribution < -0.4 is 14.4 Å². The van der Waals surface area contributed by atoms with Crippen LogP contribution in [0.2, 0.25) is 0 Å². The van der Waals surface area contributed by atoms with Gasteiger partial charge in [-0.1, -0.05) is 48.0 Å². The fourth-order valence-corrected chi connectivity index (χ4v) is 4.48. The molecule has 0 bridgehead atoms. The van der Waals surface area contributed by atoms with Crippen molar-refractivity contribution in [3.63, 3.8) is 0 Å². The number of benzene rings is 3. The number of carbonyl (C=O) groups is 1. The van der Waals surface area contributed by atoms with Crippen LogP contribution in [-0.4, -0.2) is 31.7 Å². The highest BCUT2D eigenvalue weighted by atomic mass is 32.1. The van der Waals surface area contributed by atoms with Gasteiger partial charge in [0, 0.05) is 23.1 Å². The number of hydrogen-bond acceptors (Lipinski definition) is 5. The molecule has 1 aromatic heterocycles. The van der Waals surface area contributed by atoms with Crippen LogP contribution in [0, 0.1) is 6.92 Å². The predicted octanol–water partition coefficient (Wildman–Crippen LogP) is 6.03. The summed E-state index contributed by atoms with van der Waals surface area (Å²) >= 11 is 1.45. The molecule has 6 heteroatoms. The van der Waals surface area contributed by atoms with Gasteiger partial charge in [-0.3, -0.25) is 9.69 Å². The largest absolute Gasteiger partial charge is 0.497 e. The summed E-state index contributed by atoms with van der Waals surface area (Å²) in [5.74, 6) is 1.36. The van der Waals surface area contributed by atoms with Crippen LogP contribution in [0.5, 0.6) is 11.5 Å². The van der Waals surface area contributed by atoms with E-state index >= 15 is 0 Å². The fourth-order valence-electron chi connectivity index (χ4n) is 3.63. The minimum absolute atomic E-state index is 0.0619. The number of aryl methyl sites for hydroxylation is 1. The molecule has 0 spiro atoms. The van der Waals surface area contributed by atoms with Crippen molar-refractivity contribution < 1.29 is 14.3 Å². The van der Waals surface area contributed by atoms with Gasteiger partial charge in [0.1, 0.15) is 11.5 Å². The predicted molar refractivity (Wildman–Crippen MR) is 134 cm³/mol. The average molecular weight is 459 g/mol. The summed E-state index contributed by atoms with van der Waals surface area (Å²) in [4.78, 5) is 20.1. The molecule has 0 atom stereocenters. The summed E-state index contributed by atoms with van der Waals surface area (Å²) in [6, 6.07) is 23.4. The Hall–Kier alpha value is -3.64. The maximum Gasteiger partial charge on any atom is 0.260 e. The van der Waals surface area contributed by atoms with Crippen LogP contribution in [0.3, 0.4) is 0 Å². The van der Waals surface area contributed by atoms with E-state index in [1.54, 1.807) is 19.1 Å². The summed E-state index contributed by atoms with van der Waals surface area (Å²) in [5, 5.41) is 2.60. The number of aromatic nitrogens is 1. The molecule has 0 saturated heterocycles. The number of anilines is 1. The molecule has 0 saturated carbocycles. The molecule has 1 amide bonds. The lowest BCUT2D eigenvalue weighted by atomic mass is 10.1. The van der Waals surface area contributed by atoms with E-state index in [2.05, 4.69) is 12.1 Å². The number of carbonyl (C=O) groups excluding carboxylic acids is 1. The third-order valence-corrected chi connectivity index (χ3v) is 6.25. The van der Waals surface area contributed by atoms with E-state index < -0.39 is 0 Å². The van der Waals surface area contributed by atoms with Gasteiger partial charge >= 0.3 is 0 Å². The summed E-state index contributed by atoms with van der Waals surface area (Å²) in [6.07, 6.45) is 0.732.